The number of aliphatic hydroxyl groups is 5. The van der Waals surface area contributed by atoms with Crippen molar-refractivity contribution < 1.29 is 25.5 Å². The summed E-state index contributed by atoms with van der Waals surface area (Å²) in [6.07, 6.45) is 2.27. The van der Waals surface area contributed by atoms with E-state index in [9.17, 15) is 25.5 Å². The van der Waals surface area contributed by atoms with Crippen LogP contribution in [-0.2, 0) is 0 Å². The number of fused-ring (bicyclic) bond motifs is 5. The van der Waals surface area contributed by atoms with Crippen molar-refractivity contribution in [2.75, 3.05) is 0 Å². The second-order valence-corrected chi connectivity index (χ2v) is 13.2. The molecule has 5 nitrogen and oxygen atoms in total. The lowest BCUT2D eigenvalue weighted by Crippen LogP contribution is -2.74. The van der Waals surface area contributed by atoms with Gasteiger partial charge in [-0.3, -0.25) is 0 Å². The van der Waals surface area contributed by atoms with Crippen molar-refractivity contribution in [1.82, 2.24) is 0 Å². The Kier molecular flexibility index (Phi) is 6.67. The van der Waals surface area contributed by atoms with E-state index in [1.807, 2.05) is 6.92 Å². The number of aliphatic hydroxyl groups excluding tert-OH is 4. The van der Waals surface area contributed by atoms with E-state index in [2.05, 4.69) is 34.3 Å². The molecule has 0 heterocycles. The van der Waals surface area contributed by atoms with Gasteiger partial charge < -0.3 is 25.5 Å². The van der Waals surface area contributed by atoms with Crippen LogP contribution in [0.3, 0.4) is 0 Å². The first kappa shape index (κ1) is 25.6. The molecule has 5 N–H and O–H groups in total. The van der Waals surface area contributed by atoms with Crippen LogP contribution in [0.1, 0.15) is 86.0 Å². The molecule has 190 valence electrons. The van der Waals surface area contributed by atoms with Gasteiger partial charge in [0.2, 0.25) is 0 Å². The SMILES string of the molecule is C=C(CC[C@@H](C)[C@H]1CC[C@H]2[C@@H]3C[C@H](O)[C@@]4(O)C[C@@H](O)C[C@@H](O)[C@]4(C)[C@H]3[C@H](O)C[C@]12C)C(C)C. The molecular weight excluding hydrogens is 416 g/mol. The Morgan fingerprint density at radius 2 is 1.64 bits per heavy atom. The molecule has 0 amide bonds. The van der Waals surface area contributed by atoms with Gasteiger partial charge in [-0.2, -0.15) is 0 Å². The fourth-order valence-electron chi connectivity index (χ4n) is 9.32. The van der Waals surface area contributed by atoms with Crippen molar-refractivity contribution in [2.24, 2.45) is 46.3 Å². The summed E-state index contributed by atoms with van der Waals surface area (Å²) in [5.74, 6) is 1.71. The van der Waals surface area contributed by atoms with E-state index in [4.69, 9.17) is 0 Å². The average Bonchev–Trinajstić information content (AvgIpc) is 3.05. The van der Waals surface area contributed by atoms with E-state index in [1.54, 1.807) is 0 Å². The van der Waals surface area contributed by atoms with Crippen molar-refractivity contribution in [3.05, 3.63) is 12.2 Å². The standard InChI is InChI=1S/C28H48O5/c1-15(2)16(3)7-8-17(4)20-9-10-21-19-12-24(32)28(33)13-18(29)11-23(31)27(28,6)25(19)22(30)14-26(20,21)5/h15,17-25,29-33H,3,7-14H2,1-2,4-6H3/t17-,18+,19+,20-,21+,22-,23-,24+,25-,26-,27-,28+/m1/s1. The van der Waals surface area contributed by atoms with Gasteiger partial charge in [0.05, 0.1) is 24.4 Å². The molecule has 4 rings (SSSR count). The quantitative estimate of drug-likeness (QED) is 0.400. The largest absolute Gasteiger partial charge is 0.393 e. The lowest BCUT2D eigenvalue weighted by molar-refractivity contribution is -0.310. The highest BCUT2D eigenvalue weighted by molar-refractivity contribution is 5.21. The van der Waals surface area contributed by atoms with Crippen LogP contribution in [0.25, 0.3) is 0 Å². The minimum Gasteiger partial charge on any atom is -0.393 e. The summed E-state index contributed by atoms with van der Waals surface area (Å²) < 4.78 is 0. The van der Waals surface area contributed by atoms with Gasteiger partial charge in [0, 0.05) is 11.8 Å². The lowest BCUT2D eigenvalue weighted by atomic mass is 9.41. The predicted molar refractivity (Wildman–Crippen MR) is 129 cm³/mol. The summed E-state index contributed by atoms with van der Waals surface area (Å²) in [5, 5.41) is 55.9. The summed E-state index contributed by atoms with van der Waals surface area (Å²) in [7, 11) is 0. The molecule has 0 aromatic rings. The third kappa shape index (κ3) is 3.67. The molecule has 4 aliphatic carbocycles. The molecule has 0 aliphatic heterocycles. The molecule has 33 heavy (non-hydrogen) atoms. The van der Waals surface area contributed by atoms with Crippen LogP contribution in [0.2, 0.25) is 0 Å². The number of hydrogen-bond acceptors (Lipinski definition) is 5. The number of allylic oxidation sites excluding steroid dienone is 1. The highest BCUT2D eigenvalue weighted by Gasteiger charge is 2.72. The Balaban J connectivity index is 1.61. The molecule has 0 aromatic heterocycles. The van der Waals surface area contributed by atoms with Crippen LogP contribution >= 0.6 is 0 Å². The summed E-state index contributed by atoms with van der Waals surface area (Å²) >= 11 is 0. The minimum absolute atomic E-state index is 0.0101. The third-order valence-electron chi connectivity index (χ3n) is 11.4. The third-order valence-corrected chi connectivity index (χ3v) is 11.4. The fourth-order valence-corrected chi connectivity index (χ4v) is 9.32. The van der Waals surface area contributed by atoms with Crippen LogP contribution in [0.15, 0.2) is 12.2 Å². The molecular formula is C28H48O5. The molecule has 0 unspecified atom stereocenters. The Labute approximate surface area is 200 Å². The van der Waals surface area contributed by atoms with Crippen LogP contribution < -0.4 is 0 Å². The molecule has 0 aromatic carbocycles. The monoisotopic (exact) mass is 464 g/mol. The summed E-state index contributed by atoms with van der Waals surface area (Å²) in [5.41, 5.74) is -1.32. The van der Waals surface area contributed by atoms with Crippen molar-refractivity contribution in [3.63, 3.8) is 0 Å². The zero-order valence-corrected chi connectivity index (χ0v) is 21.4. The molecule has 0 spiro atoms. The van der Waals surface area contributed by atoms with Gasteiger partial charge in [-0.05, 0) is 85.9 Å². The summed E-state index contributed by atoms with van der Waals surface area (Å²) in [6.45, 7) is 15.2. The molecule has 0 radical (unpaired) electrons. The van der Waals surface area contributed by atoms with Crippen LogP contribution in [0.4, 0.5) is 0 Å². The smallest absolute Gasteiger partial charge is 0.101 e. The molecule has 4 aliphatic rings. The first-order valence-electron chi connectivity index (χ1n) is 13.4. The van der Waals surface area contributed by atoms with Crippen molar-refractivity contribution in [2.45, 2.75) is 116 Å². The summed E-state index contributed by atoms with van der Waals surface area (Å²) in [6, 6.07) is 0. The highest BCUT2D eigenvalue weighted by Crippen LogP contribution is 2.69. The van der Waals surface area contributed by atoms with E-state index < -0.39 is 35.4 Å². The Morgan fingerprint density at radius 1 is 0.970 bits per heavy atom. The second kappa shape index (κ2) is 8.58. The van der Waals surface area contributed by atoms with Gasteiger partial charge >= 0.3 is 0 Å². The van der Waals surface area contributed by atoms with Crippen molar-refractivity contribution >= 4 is 0 Å². The number of hydrogen-bond donors (Lipinski definition) is 5. The van der Waals surface area contributed by atoms with E-state index in [1.165, 1.54) is 5.57 Å². The van der Waals surface area contributed by atoms with Gasteiger partial charge in [-0.15, -0.1) is 0 Å². The highest BCUT2D eigenvalue weighted by atomic mass is 16.4. The Hall–Kier alpha value is -0.460. The minimum atomic E-state index is -1.58. The fraction of sp³-hybridized carbons (Fsp3) is 0.929. The maximum Gasteiger partial charge on any atom is 0.101 e. The zero-order valence-electron chi connectivity index (χ0n) is 21.4. The topological polar surface area (TPSA) is 101 Å². The van der Waals surface area contributed by atoms with E-state index in [-0.39, 0.29) is 30.1 Å². The number of rotatable bonds is 5. The molecule has 0 saturated heterocycles. The van der Waals surface area contributed by atoms with Gasteiger partial charge in [-0.25, -0.2) is 0 Å². The Morgan fingerprint density at radius 3 is 2.27 bits per heavy atom. The molecule has 4 fully saturated rings. The molecule has 12 atom stereocenters. The van der Waals surface area contributed by atoms with Gasteiger partial charge in [-0.1, -0.05) is 46.8 Å². The second-order valence-electron chi connectivity index (χ2n) is 13.2. The van der Waals surface area contributed by atoms with Gasteiger partial charge in [0.25, 0.3) is 0 Å². The van der Waals surface area contributed by atoms with Crippen LogP contribution in [0.5, 0.6) is 0 Å². The van der Waals surface area contributed by atoms with E-state index >= 15 is 0 Å². The van der Waals surface area contributed by atoms with Gasteiger partial charge in [0.1, 0.15) is 5.60 Å². The lowest BCUT2D eigenvalue weighted by Gasteiger charge is -2.67. The maximum absolute atomic E-state index is 11.6. The van der Waals surface area contributed by atoms with Crippen LogP contribution in [-0.4, -0.2) is 55.5 Å². The van der Waals surface area contributed by atoms with Crippen molar-refractivity contribution in [3.8, 4) is 0 Å². The van der Waals surface area contributed by atoms with E-state index in [0.717, 1.165) is 25.7 Å². The predicted octanol–water partition coefficient (Wildman–Crippen LogP) is 3.66. The summed E-state index contributed by atoms with van der Waals surface area (Å²) in [4.78, 5) is 0. The Bertz CT molecular complexity index is 753. The normalized spacial score (nSPS) is 52.7. The molecule has 0 bridgehead atoms. The zero-order chi connectivity index (χ0) is 24.5. The van der Waals surface area contributed by atoms with Gasteiger partial charge in [0.15, 0.2) is 0 Å². The van der Waals surface area contributed by atoms with Crippen molar-refractivity contribution in [1.29, 1.82) is 0 Å². The first-order chi connectivity index (χ1) is 15.3. The first-order valence-corrected chi connectivity index (χ1v) is 13.4. The maximum atomic E-state index is 11.6. The van der Waals surface area contributed by atoms with Crippen LogP contribution in [0, 0.1) is 46.3 Å². The van der Waals surface area contributed by atoms with E-state index in [0.29, 0.717) is 36.5 Å². The molecule has 4 saturated carbocycles. The average molecular weight is 465 g/mol. The molecule has 5 heteroatoms.